The molecule has 0 saturated carbocycles. The Morgan fingerprint density at radius 1 is 1.15 bits per heavy atom. The monoisotopic (exact) mass is 442 g/mol. The van der Waals surface area contributed by atoms with Crippen molar-refractivity contribution in [3.05, 3.63) is 87.6 Å². The minimum absolute atomic E-state index is 0.0726. The summed E-state index contributed by atoms with van der Waals surface area (Å²) in [4.78, 5) is 34.1. The molecule has 4 rings (SSSR count). The summed E-state index contributed by atoms with van der Waals surface area (Å²) in [5.74, 6) is 0.255. The fourth-order valence-corrected chi connectivity index (χ4v) is 3.92. The number of nitrogens with zero attached hydrogens (tertiary/aromatic N) is 2. The predicted octanol–water partition coefficient (Wildman–Crippen LogP) is 4.79. The Labute approximate surface area is 191 Å². The molecule has 1 unspecified atom stereocenters. The van der Waals surface area contributed by atoms with Crippen LogP contribution in [0, 0.1) is 13.8 Å². The lowest BCUT2D eigenvalue weighted by Crippen LogP contribution is -2.25. The van der Waals surface area contributed by atoms with Crippen LogP contribution >= 0.6 is 0 Å². The third kappa shape index (κ3) is 4.35. The number of pyridine rings is 2. The summed E-state index contributed by atoms with van der Waals surface area (Å²) in [6.45, 7) is 8.05. The van der Waals surface area contributed by atoms with Crippen molar-refractivity contribution in [3.63, 3.8) is 0 Å². The molecule has 1 atom stereocenters. The Hall–Kier alpha value is -4.00. The van der Waals surface area contributed by atoms with E-state index < -0.39 is 0 Å². The van der Waals surface area contributed by atoms with Crippen LogP contribution in [-0.4, -0.2) is 22.4 Å². The molecule has 2 N–H and O–H groups in total. The first kappa shape index (κ1) is 22.2. The van der Waals surface area contributed by atoms with E-state index in [9.17, 15) is 9.59 Å². The van der Waals surface area contributed by atoms with Gasteiger partial charge in [-0.15, -0.1) is 0 Å². The Morgan fingerprint density at radius 2 is 1.94 bits per heavy atom. The average Bonchev–Trinajstić information content (AvgIpc) is 2.82. The fraction of sp³-hybridized carbons (Fsp3) is 0.231. The number of amides is 1. The zero-order chi connectivity index (χ0) is 23.5. The van der Waals surface area contributed by atoms with Gasteiger partial charge >= 0.3 is 0 Å². The molecule has 1 amide bonds. The van der Waals surface area contributed by atoms with Gasteiger partial charge in [-0.25, -0.2) is 4.98 Å². The van der Waals surface area contributed by atoms with Crippen LogP contribution in [-0.2, 0) is 0 Å². The van der Waals surface area contributed by atoms with Crippen LogP contribution in [0.4, 0.5) is 5.69 Å². The number of carbonyl (C=O) groups excluding carboxylic acids is 1. The standard InChI is InChI=1S/C26H26N4O3/c1-5-28-26(32)22-21(9-7-11-29-22)30-17(4)19-12-15(2)13-20-23(31)16(3)24(33-25(19)20)18-8-6-10-27-14-18/h6-14,17,30H,5H2,1-4H3,(H,28,32). The molecule has 4 aromatic rings. The van der Waals surface area contributed by atoms with Crippen molar-refractivity contribution in [2.24, 2.45) is 0 Å². The molecular weight excluding hydrogens is 416 g/mol. The Bertz CT molecular complexity index is 1380. The van der Waals surface area contributed by atoms with Gasteiger partial charge in [0.1, 0.15) is 11.3 Å². The van der Waals surface area contributed by atoms with Crippen LogP contribution in [0.3, 0.4) is 0 Å². The molecule has 3 aromatic heterocycles. The van der Waals surface area contributed by atoms with Gasteiger partial charge in [0, 0.05) is 41.8 Å². The summed E-state index contributed by atoms with van der Waals surface area (Å²) in [5, 5.41) is 6.69. The molecule has 3 heterocycles. The lowest BCUT2D eigenvalue weighted by Gasteiger charge is -2.20. The zero-order valence-corrected chi connectivity index (χ0v) is 19.1. The highest BCUT2D eigenvalue weighted by molar-refractivity contribution is 5.97. The molecule has 0 spiro atoms. The van der Waals surface area contributed by atoms with Crippen LogP contribution in [0.5, 0.6) is 0 Å². The van der Waals surface area contributed by atoms with Crippen LogP contribution in [0.25, 0.3) is 22.3 Å². The van der Waals surface area contributed by atoms with Crippen molar-refractivity contribution in [1.82, 2.24) is 15.3 Å². The molecule has 33 heavy (non-hydrogen) atoms. The summed E-state index contributed by atoms with van der Waals surface area (Å²) < 4.78 is 6.35. The molecule has 0 bridgehead atoms. The maximum atomic E-state index is 13.3. The van der Waals surface area contributed by atoms with Gasteiger partial charge in [0.05, 0.1) is 17.1 Å². The molecule has 0 aliphatic carbocycles. The number of aromatic nitrogens is 2. The number of aryl methyl sites for hydroxylation is 1. The molecule has 0 saturated heterocycles. The van der Waals surface area contributed by atoms with Crippen molar-refractivity contribution in [3.8, 4) is 11.3 Å². The van der Waals surface area contributed by atoms with Crippen molar-refractivity contribution in [2.45, 2.75) is 33.7 Å². The van der Waals surface area contributed by atoms with E-state index in [1.165, 1.54) is 0 Å². The van der Waals surface area contributed by atoms with Gasteiger partial charge in [-0.05, 0) is 63.6 Å². The molecule has 0 aliphatic heterocycles. The predicted molar refractivity (Wildman–Crippen MR) is 129 cm³/mol. The minimum Gasteiger partial charge on any atom is -0.455 e. The molecule has 1 aromatic carbocycles. The summed E-state index contributed by atoms with van der Waals surface area (Å²) in [6.07, 6.45) is 4.95. The van der Waals surface area contributed by atoms with Gasteiger partial charge in [-0.3, -0.25) is 14.6 Å². The van der Waals surface area contributed by atoms with Crippen molar-refractivity contribution >= 4 is 22.6 Å². The highest BCUT2D eigenvalue weighted by Crippen LogP contribution is 2.32. The Morgan fingerprint density at radius 3 is 2.67 bits per heavy atom. The number of rotatable bonds is 6. The van der Waals surface area contributed by atoms with Gasteiger partial charge in [-0.2, -0.15) is 0 Å². The second-order valence-electron chi connectivity index (χ2n) is 7.98. The zero-order valence-electron chi connectivity index (χ0n) is 19.1. The van der Waals surface area contributed by atoms with Gasteiger partial charge < -0.3 is 15.1 Å². The van der Waals surface area contributed by atoms with Gasteiger partial charge in [-0.1, -0.05) is 6.07 Å². The largest absolute Gasteiger partial charge is 0.455 e. The quantitative estimate of drug-likeness (QED) is 0.446. The maximum absolute atomic E-state index is 13.3. The van der Waals surface area contributed by atoms with E-state index in [1.54, 1.807) is 31.6 Å². The minimum atomic E-state index is -0.266. The third-order valence-electron chi connectivity index (χ3n) is 5.51. The van der Waals surface area contributed by atoms with E-state index >= 15 is 0 Å². The number of carbonyl (C=O) groups is 1. The van der Waals surface area contributed by atoms with Crippen LogP contribution < -0.4 is 16.1 Å². The lowest BCUT2D eigenvalue weighted by atomic mass is 9.99. The SMILES string of the molecule is CCNC(=O)c1ncccc1NC(C)c1cc(C)cc2c(=O)c(C)c(-c3cccnc3)oc12. The highest BCUT2D eigenvalue weighted by atomic mass is 16.3. The summed E-state index contributed by atoms with van der Waals surface area (Å²) >= 11 is 0. The van der Waals surface area contributed by atoms with Crippen molar-refractivity contribution in [1.29, 1.82) is 0 Å². The van der Waals surface area contributed by atoms with E-state index in [1.807, 2.05) is 51.1 Å². The number of hydrogen-bond acceptors (Lipinski definition) is 6. The summed E-state index contributed by atoms with van der Waals surface area (Å²) in [7, 11) is 0. The first-order chi connectivity index (χ1) is 15.9. The molecule has 0 radical (unpaired) electrons. The fourth-order valence-electron chi connectivity index (χ4n) is 3.92. The lowest BCUT2D eigenvalue weighted by molar-refractivity contribution is 0.0951. The molecule has 7 heteroatoms. The van der Waals surface area contributed by atoms with Gasteiger partial charge in [0.2, 0.25) is 0 Å². The first-order valence-corrected chi connectivity index (χ1v) is 10.9. The number of hydrogen-bond donors (Lipinski definition) is 2. The molecule has 7 nitrogen and oxygen atoms in total. The van der Waals surface area contributed by atoms with E-state index in [0.29, 0.717) is 40.2 Å². The highest BCUT2D eigenvalue weighted by Gasteiger charge is 2.20. The van der Waals surface area contributed by atoms with E-state index in [2.05, 4.69) is 20.6 Å². The second-order valence-corrected chi connectivity index (χ2v) is 7.98. The number of nitrogens with one attached hydrogen (secondary N) is 2. The van der Waals surface area contributed by atoms with Crippen LogP contribution in [0.1, 0.15) is 47.1 Å². The Kier molecular flexibility index (Phi) is 6.22. The van der Waals surface area contributed by atoms with Crippen LogP contribution in [0.2, 0.25) is 0 Å². The second kappa shape index (κ2) is 9.24. The van der Waals surface area contributed by atoms with Gasteiger partial charge in [0.25, 0.3) is 5.91 Å². The normalized spacial score (nSPS) is 11.9. The van der Waals surface area contributed by atoms with E-state index in [4.69, 9.17) is 4.42 Å². The summed E-state index contributed by atoms with van der Waals surface area (Å²) in [5.41, 5.74) is 4.41. The number of anilines is 1. The Balaban J connectivity index is 1.84. The maximum Gasteiger partial charge on any atom is 0.272 e. The van der Waals surface area contributed by atoms with Crippen molar-refractivity contribution < 1.29 is 9.21 Å². The molecular formula is C26H26N4O3. The molecule has 168 valence electrons. The molecule has 0 aliphatic rings. The van der Waals surface area contributed by atoms with Crippen molar-refractivity contribution in [2.75, 3.05) is 11.9 Å². The average molecular weight is 443 g/mol. The first-order valence-electron chi connectivity index (χ1n) is 10.9. The smallest absolute Gasteiger partial charge is 0.272 e. The topological polar surface area (TPSA) is 97.1 Å². The van der Waals surface area contributed by atoms with E-state index in [-0.39, 0.29) is 17.4 Å². The van der Waals surface area contributed by atoms with Crippen LogP contribution in [0.15, 0.2) is 64.2 Å². The number of fused-ring (bicyclic) bond motifs is 1. The molecule has 0 fully saturated rings. The number of benzene rings is 1. The third-order valence-corrected chi connectivity index (χ3v) is 5.51. The van der Waals surface area contributed by atoms with Gasteiger partial charge in [0.15, 0.2) is 11.1 Å². The summed E-state index contributed by atoms with van der Waals surface area (Å²) in [6, 6.07) is 10.8. The van der Waals surface area contributed by atoms with E-state index in [0.717, 1.165) is 16.7 Å².